The molecule has 52 heavy (non-hydrogen) atoms. The van der Waals surface area contributed by atoms with E-state index < -0.39 is 41.6 Å². The van der Waals surface area contributed by atoms with Gasteiger partial charge in [-0.25, -0.2) is 4.98 Å². The first kappa shape index (κ1) is 38.9. The predicted molar refractivity (Wildman–Crippen MR) is 208 cm³/mol. The molecule has 4 aromatic rings. The molecule has 0 spiro atoms. The standard InChI is InChI=1S/C41H52N6O4S/c1-27(2)37(45-38(49)33-19-18-29-15-9-10-17-32(29)43-33)40(51)44-34(23-28-13-7-6-8-14-28)36(48)25-47-22-20-31(52-26-30-16-11-12-21-42-30)24-35(47)39(50)46-41(3,4)5/h6-19,21,27,31,34-37,48H,20,22-26H2,1-5H3,(H,44,51)(H,45,49)(H,46,50)/t31-,34?,35?,36?,37?/m1/s1. The fourth-order valence-corrected chi connectivity index (χ4v) is 7.67. The van der Waals surface area contributed by atoms with Gasteiger partial charge in [0, 0.05) is 41.2 Å². The first-order valence-electron chi connectivity index (χ1n) is 18.1. The second-order valence-corrected chi connectivity index (χ2v) is 16.3. The van der Waals surface area contributed by atoms with Crippen LogP contribution < -0.4 is 16.0 Å². The minimum absolute atomic E-state index is 0.0728. The van der Waals surface area contributed by atoms with Crippen LogP contribution >= 0.6 is 11.8 Å². The lowest BCUT2D eigenvalue weighted by Gasteiger charge is -2.41. The van der Waals surface area contributed by atoms with Crippen LogP contribution in [-0.4, -0.2) is 85.8 Å². The van der Waals surface area contributed by atoms with E-state index >= 15 is 0 Å². The molecule has 0 saturated carbocycles. The highest BCUT2D eigenvalue weighted by atomic mass is 32.2. The van der Waals surface area contributed by atoms with Crippen molar-refractivity contribution in [3.8, 4) is 0 Å². The topological polar surface area (TPSA) is 137 Å². The number of aromatic nitrogens is 2. The Morgan fingerprint density at radius 1 is 0.942 bits per heavy atom. The number of para-hydroxylation sites is 1. The zero-order valence-corrected chi connectivity index (χ0v) is 31.6. The van der Waals surface area contributed by atoms with Crippen LogP contribution in [0.1, 0.15) is 69.2 Å². The van der Waals surface area contributed by atoms with Gasteiger partial charge in [-0.15, -0.1) is 0 Å². The molecule has 1 saturated heterocycles. The lowest BCUT2D eigenvalue weighted by Crippen LogP contribution is -2.60. The van der Waals surface area contributed by atoms with Crippen molar-refractivity contribution >= 4 is 40.4 Å². The SMILES string of the molecule is CC(C)C(NC(=O)c1ccc2ccccc2n1)C(=O)NC(Cc1ccccc1)C(O)CN1CC[C@@H](SCc2ccccn2)CC1C(=O)NC(C)(C)C. The number of aliphatic hydroxyl groups excluding tert-OH is 1. The molecule has 5 rings (SSSR count). The van der Waals surface area contributed by atoms with Crippen LogP contribution in [0.2, 0.25) is 0 Å². The average molecular weight is 725 g/mol. The van der Waals surface area contributed by atoms with E-state index in [0.717, 1.165) is 28.8 Å². The molecule has 0 bridgehead atoms. The van der Waals surface area contributed by atoms with Crippen molar-refractivity contribution in [3.05, 3.63) is 108 Å². The number of pyridine rings is 2. The van der Waals surface area contributed by atoms with Gasteiger partial charge >= 0.3 is 0 Å². The van der Waals surface area contributed by atoms with Gasteiger partial charge in [0.05, 0.1) is 29.4 Å². The number of carbonyl (C=O) groups excluding carboxylic acids is 3. The van der Waals surface area contributed by atoms with Gasteiger partial charge < -0.3 is 21.1 Å². The number of piperidine rings is 1. The Bertz CT molecular complexity index is 1780. The highest BCUT2D eigenvalue weighted by Gasteiger charge is 2.38. The van der Waals surface area contributed by atoms with Crippen molar-refractivity contribution in [1.82, 2.24) is 30.8 Å². The summed E-state index contributed by atoms with van der Waals surface area (Å²) >= 11 is 1.81. The van der Waals surface area contributed by atoms with Crippen molar-refractivity contribution in [2.75, 3.05) is 13.1 Å². The normalized spacial score (nSPS) is 18.4. The number of nitrogens with zero attached hydrogens (tertiary/aromatic N) is 3. The highest BCUT2D eigenvalue weighted by Crippen LogP contribution is 2.30. The lowest BCUT2D eigenvalue weighted by molar-refractivity contribution is -0.130. The minimum atomic E-state index is -1.00. The Hall–Kier alpha value is -4.32. The number of hydrogen-bond acceptors (Lipinski definition) is 8. The molecule has 2 aromatic heterocycles. The number of thioether (sulfide) groups is 1. The Balaban J connectivity index is 1.31. The zero-order chi connectivity index (χ0) is 37.3. The van der Waals surface area contributed by atoms with Gasteiger partial charge in [0.2, 0.25) is 11.8 Å². The van der Waals surface area contributed by atoms with Crippen molar-refractivity contribution < 1.29 is 19.5 Å². The zero-order valence-electron chi connectivity index (χ0n) is 30.8. The van der Waals surface area contributed by atoms with E-state index in [1.165, 1.54) is 0 Å². The third-order valence-corrected chi connectivity index (χ3v) is 10.6. The van der Waals surface area contributed by atoms with Crippen LogP contribution in [0.25, 0.3) is 10.9 Å². The molecule has 3 heterocycles. The Morgan fingerprint density at radius 3 is 2.38 bits per heavy atom. The van der Waals surface area contributed by atoms with Gasteiger partial charge in [-0.2, -0.15) is 11.8 Å². The van der Waals surface area contributed by atoms with E-state index in [2.05, 4.69) is 30.8 Å². The summed E-state index contributed by atoms with van der Waals surface area (Å²) in [5.41, 5.74) is 2.45. The molecule has 4 N–H and O–H groups in total. The molecule has 1 aliphatic rings. The van der Waals surface area contributed by atoms with E-state index in [0.29, 0.717) is 24.9 Å². The Labute approximate surface area is 311 Å². The maximum atomic E-state index is 14.0. The smallest absolute Gasteiger partial charge is 0.270 e. The van der Waals surface area contributed by atoms with Gasteiger partial charge in [0.15, 0.2) is 0 Å². The molecule has 4 unspecified atom stereocenters. The Morgan fingerprint density at radius 2 is 1.67 bits per heavy atom. The third-order valence-electron chi connectivity index (χ3n) is 9.24. The fraction of sp³-hybridized carbons (Fsp3) is 0.439. The molecular formula is C41H52N6O4S. The molecule has 0 aliphatic carbocycles. The molecule has 0 radical (unpaired) electrons. The molecule has 10 nitrogen and oxygen atoms in total. The number of carbonyl (C=O) groups is 3. The number of β-amino-alcohol motifs (C(OH)–C–C–N with tert-alkyl or cyclic N) is 1. The summed E-state index contributed by atoms with van der Waals surface area (Å²) in [4.78, 5) is 52.1. The second kappa shape index (κ2) is 17.9. The molecule has 276 valence electrons. The summed E-state index contributed by atoms with van der Waals surface area (Å²) < 4.78 is 0. The number of aliphatic hydroxyl groups is 1. The number of nitrogens with one attached hydrogen (secondary N) is 3. The molecule has 1 fully saturated rings. The van der Waals surface area contributed by atoms with Crippen LogP contribution in [0.3, 0.4) is 0 Å². The number of rotatable bonds is 14. The van der Waals surface area contributed by atoms with Crippen LogP contribution in [0.4, 0.5) is 0 Å². The van der Waals surface area contributed by atoms with Gasteiger partial charge in [-0.3, -0.25) is 24.3 Å². The van der Waals surface area contributed by atoms with E-state index in [4.69, 9.17) is 0 Å². The first-order chi connectivity index (χ1) is 24.9. The predicted octanol–water partition coefficient (Wildman–Crippen LogP) is 5.15. The minimum Gasteiger partial charge on any atom is -0.390 e. The highest BCUT2D eigenvalue weighted by molar-refractivity contribution is 7.99. The Kier molecular flexibility index (Phi) is 13.4. The molecule has 2 aromatic carbocycles. The molecular weight excluding hydrogens is 673 g/mol. The average Bonchev–Trinajstić information content (AvgIpc) is 3.12. The molecule has 11 heteroatoms. The van der Waals surface area contributed by atoms with E-state index in [1.54, 1.807) is 12.3 Å². The van der Waals surface area contributed by atoms with Gasteiger partial charge in [0.1, 0.15) is 11.7 Å². The summed E-state index contributed by atoms with van der Waals surface area (Å²) in [6, 6.07) is 24.6. The van der Waals surface area contributed by atoms with Crippen molar-refractivity contribution in [3.63, 3.8) is 0 Å². The quantitative estimate of drug-likeness (QED) is 0.140. The maximum Gasteiger partial charge on any atom is 0.270 e. The summed E-state index contributed by atoms with van der Waals surface area (Å²) in [5.74, 6) is -0.396. The van der Waals surface area contributed by atoms with Crippen LogP contribution in [-0.2, 0) is 21.8 Å². The summed E-state index contributed by atoms with van der Waals surface area (Å²) in [7, 11) is 0. The van der Waals surface area contributed by atoms with Crippen LogP contribution in [0.15, 0.2) is 91.1 Å². The number of amides is 3. The van der Waals surface area contributed by atoms with Crippen LogP contribution in [0.5, 0.6) is 0 Å². The molecule has 3 amide bonds. The van der Waals surface area contributed by atoms with Crippen molar-refractivity contribution in [1.29, 1.82) is 0 Å². The largest absolute Gasteiger partial charge is 0.390 e. The summed E-state index contributed by atoms with van der Waals surface area (Å²) in [6.07, 6.45) is 2.64. The second-order valence-electron chi connectivity index (χ2n) is 15.0. The lowest BCUT2D eigenvalue weighted by atomic mass is 9.95. The van der Waals surface area contributed by atoms with Gasteiger partial charge in [0.25, 0.3) is 5.91 Å². The van der Waals surface area contributed by atoms with Gasteiger partial charge in [-0.05, 0) is 75.8 Å². The van der Waals surface area contributed by atoms with Crippen LogP contribution in [0, 0.1) is 5.92 Å². The van der Waals surface area contributed by atoms with E-state index in [1.807, 2.05) is 125 Å². The van der Waals surface area contributed by atoms with Crippen molar-refractivity contribution in [2.45, 2.75) is 94.7 Å². The van der Waals surface area contributed by atoms with E-state index in [-0.39, 0.29) is 29.3 Å². The van der Waals surface area contributed by atoms with Crippen molar-refractivity contribution in [2.24, 2.45) is 5.92 Å². The third kappa shape index (κ3) is 11.1. The monoisotopic (exact) mass is 724 g/mol. The number of hydrogen-bond donors (Lipinski definition) is 4. The number of fused-ring (bicyclic) bond motifs is 1. The summed E-state index contributed by atoms with van der Waals surface area (Å²) in [6.45, 7) is 10.4. The molecule has 1 aliphatic heterocycles. The molecule has 5 atom stereocenters. The fourth-order valence-electron chi connectivity index (χ4n) is 6.50. The van der Waals surface area contributed by atoms with Gasteiger partial charge in [-0.1, -0.05) is 74.5 Å². The van der Waals surface area contributed by atoms with E-state index in [9.17, 15) is 19.5 Å². The summed E-state index contributed by atoms with van der Waals surface area (Å²) in [5, 5.41) is 22.2. The number of benzene rings is 2. The maximum absolute atomic E-state index is 14.0. The first-order valence-corrected chi connectivity index (χ1v) is 19.2. The number of likely N-dealkylation sites (tertiary alicyclic amines) is 1.